The van der Waals surface area contributed by atoms with Crippen LogP contribution in [0.25, 0.3) is 0 Å². The van der Waals surface area contributed by atoms with E-state index in [-0.39, 0.29) is 5.69 Å². The second-order valence-corrected chi connectivity index (χ2v) is 4.27. The summed E-state index contributed by atoms with van der Waals surface area (Å²) in [5, 5.41) is 14.4. The van der Waals surface area contributed by atoms with Crippen LogP contribution in [-0.4, -0.2) is 14.9 Å². The quantitative estimate of drug-likeness (QED) is 0.670. The van der Waals surface area contributed by atoms with Crippen LogP contribution in [0.4, 0.5) is 5.69 Å². The number of nitro benzene ring substituents is 1. The molecule has 2 aromatic rings. The zero-order valence-electron chi connectivity index (χ0n) is 9.91. The molecule has 0 bridgehead atoms. The number of hydrogen-bond acceptors (Lipinski definition) is 5. The van der Waals surface area contributed by atoms with E-state index in [4.69, 9.17) is 11.6 Å². The first-order chi connectivity index (χ1) is 9.16. The Kier molecular flexibility index (Phi) is 4.38. The summed E-state index contributed by atoms with van der Waals surface area (Å²) in [5.74, 6) is 0. The molecular formula is C12H11ClN4O2. The summed E-state index contributed by atoms with van der Waals surface area (Å²) >= 11 is 5.85. The fourth-order valence-electron chi connectivity index (χ4n) is 1.62. The Morgan fingerprint density at radius 3 is 2.84 bits per heavy atom. The summed E-state index contributed by atoms with van der Waals surface area (Å²) in [4.78, 5) is 18.3. The molecule has 7 heteroatoms. The summed E-state index contributed by atoms with van der Waals surface area (Å²) < 4.78 is 0. The van der Waals surface area contributed by atoms with Gasteiger partial charge >= 0.3 is 0 Å². The molecule has 1 aromatic carbocycles. The van der Waals surface area contributed by atoms with Gasteiger partial charge in [0.2, 0.25) is 0 Å². The van der Waals surface area contributed by atoms with E-state index >= 15 is 0 Å². The van der Waals surface area contributed by atoms with Crippen molar-refractivity contribution < 1.29 is 4.92 Å². The van der Waals surface area contributed by atoms with Crippen molar-refractivity contribution in [1.29, 1.82) is 0 Å². The number of nitrogens with zero attached hydrogens (tertiary/aromatic N) is 3. The van der Waals surface area contributed by atoms with Gasteiger partial charge in [0.15, 0.2) is 0 Å². The Labute approximate surface area is 114 Å². The molecule has 0 aliphatic carbocycles. The molecule has 0 saturated carbocycles. The van der Waals surface area contributed by atoms with E-state index in [1.165, 1.54) is 18.5 Å². The van der Waals surface area contributed by atoms with Crippen LogP contribution in [0.3, 0.4) is 0 Å². The normalized spacial score (nSPS) is 10.4. The van der Waals surface area contributed by atoms with E-state index in [9.17, 15) is 10.1 Å². The summed E-state index contributed by atoms with van der Waals surface area (Å²) in [5.41, 5.74) is 1.42. The zero-order chi connectivity index (χ0) is 13.7. The van der Waals surface area contributed by atoms with Crippen LogP contribution >= 0.6 is 11.6 Å². The Bertz CT molecular complexity index is 577. The lowest BCUT2D eigenvalue weighted by atomic mass is 10.2. The van der Waals surface area contributed by atoms with Crippen LogP contribution in [0.1, 0.15) is 11.3 Å². The summed E-state index contributed by atoms with van der Waals surface area (Å²) in [6.45, 7) is 0.854. The number of halogens is 1. The average Bonchev–Trinajstić information content (AvgIpc) is 2.39. The molecule has 98 valence electrons. The molecule has 0 aliphatic rings. The Morgan fingerprint density at radius 1 is 1.32 bits per heavy atom. The Balaban J connectivity index is 2.03. The summed E-state index contributed by atoms with van der Waals surface area (Å²) in [6, 6.07) is 6.28. The molecule has 1 N–H and O–H groups in total. The van der Waals surface area contributed by atoms with Gasteiger partial charge in [0, 0.05) is 35.9 Å². The second kappa shape index (κ2) is 6.21. The van der Waals surface area contributed by atoms with Crippen molar-refractivity contribution in [3.63, 3.8) is 0 Å². The van der Waals surface area contributed by atoms with E-state index in [1.54, 1.807) is 18.3 Å². The van der Waals surface area contributed by atoms with Gasteiger partial charge in [-0.2, -0.15) is 0 Å². The number of nitrogens with one attached hydrogen (secondary N) is 1. The summed E-state index contributed by atoms with van der Waals surface area (Å²) in [7, 11) is 0. The maximum Gasteiger partial charge on any atom is 0.273 e. The minimum Gasteiger partial charge on any atom is -0.307 e. The first-order valence-corrected chi connectivity index (χ1v) is 5.93. The molecule has 2 rings (SSSR count). The predicted octanol–water partition coefficient (Wildman–Crippen LogP) is 2.33. The number of aromatic nitrogens is 2. The van der Waals surface area contributed by atoms with Crippen LogP contribution in [0.15, 0.2) is 36.8 Å². The minimum absolute atomic E-state index is 0.0552. The maximum atomic E-state index is 10.9. The van der Waals surface area contributed by atoms with Gasteiger partial charge in [-0.25, -0.2) is 9.97 Å². The van der Waals surface area contributed by atoms with Crippen molar-refractivity contribution >= 4 is 17.3 Å². The smallest absolute Gasteiger partial charge is 0.273 e. The van der Waals surface area contributed by atoms with Gasteiger partial charge in [-0.1, -0.05) is 11.6 Å². The summed E-state index contributed by atoms with van der Waals surface area (Å²) in [6.07, 6.45) is 3.10. The molecule has 1 heterocycles. The average molecular weight is 279 g/mol. The molecule has 0 aliphatic heterocycles. The monoisotopic (exact) mass is 278 g/mol. The Hall–Kier alpha value is -2.05. The van der Waals surface area contributed by atoms with Crippen LogP contribution < -0.4 is 5.32 Å². The van der Waals surface area contributed by atoms with E-state index in [1.807, 2.05) is 0 Å². The van der Waals surface area contributed by atoms with Crippen molar-refractivity contribution in [1.82, 2.24) is 15.3 Å². The molecule has 1 aromatic heterocycles. The van der Waals surface area contributed by atoms with Gasteiger partial charge in [-0.05, 0) is 18.2 Å². The van der Waals surface area contributed by atoms with Gasteiger partial charge in [0.25, 0.3) is 5.69 Å². The maximum absolute atomic E-state index is 10.9. The van der Waals surface area contributed by atoms with Crippen LogP contribution in [-0.2, 0) is 13.1 Å². The highest BCUT2D eigenvalue weighted by Gasteiger charge is 2.13. The molecule has 0 fully saturated rings. The van der Waals surface area contributed by atoms with Crippen LogP contribution in [0, 0.1) is 10.1 Å². The van der Waals surface area contributed by atoms with Gasteiger partial charge in [-0.15, -0.1) is 0 Å². The minimum atomic E-state index is -0.419. The van der Waals surface area contributed by atoms with Gasteiger partial charge in [0.1, 0.15) is 6.33 Å². The van der Waals surface area contributed by atoms with Gasteiger partial charge in [-0.3, -0.25) is 10.1 Å². The van der Waals surface area contributed by atoms with Crippen molar-refractivity contribution in [2.45, 2.75) is 13.1 Å². The molecule has 0 radical (unpaired) electrons. The SMILES string of the molecule is O=[N+]([O-])c1ccc(Cl)cc1CNCc1ccncn1. The van der Waals surface area contributed by atoms with Crippen molar-refractivity contribution in [3.05, 3.63) is 63.2 Å². The van der Waals surface area contributed by atoms with Gasteiger partial charge < -0.3 is 5.32 Å². The standard InChI is InChI=1S/C12H11ClN4O2/c13-10-1-2-12(17(18)19)9(5-10)6-15-7-11-3-4-14-8-16-11/h1-5,8,15H,6-7H2. The molecule has 0 unspecified atom stereocenters. The third kappa shape index (κ3) is 3.70. The lowest BCUT2D eigenvalue weighted by Gasteiger charge is -2.05. The second-order valence-electron chi connectivity index (χ2n) is 3.83. The molecule has 6 nitrogen and oxygen atoms in total. The van der Waals surface area contributed by atoms with Gasteiger partial charge in [0.05, 0.1) is 10.6 Å². The Morgan fingerprint density at radius 2 is 2.16 bits per heavy atom. The molecule has 0 amide bonds. The van der Waals surface area contributed by atoms with E-state index < -0.39 is 4.92 Å². The van der Waals surface area contributed by atoms with E-state index in [0.29, 0.717) is 23.7 Å². The molecule has 19 heavy (non-hydrogen) atoms. The highest BCUT2D eigenvalue weighted by molar-refractivity contribution is 6.30. The van der Waals surface area contributed by atoms with E-state index in [2.05, 4.69) is 15.3 Å². The first-order valence-electron chi connectivity index (χ1n) is 5.55. The fourth-order valence-corrected chi connectivity index (χ4v) is 1.82. The van der Waals surface area contributed by atoms with Crippen molar-refractivity contribution in [3.8, 4) is 0 Å². The highest BCUT2D eigenvalue weighted by Crippen LogP contribution is 2.22. The number of benzene rings is 1. The number of nitro groups is 1. The fraction of sp³-hybridized carbons (Fsp3) is 0.167. The lowest BCUT2D eigenvalue weighted by molar-refractivity contribution is -0.385. The van der Waals surface area contributed by atoms with Crippen molar-refractivity contribution in [2.75, 3.05) is 0 Å². The molecule has 0 saturated heterocycles. The predicted molar refractivity (Wildman–Crippen MR) is 70.7 cm³/mol. The molecule has 0 spiro atoms. The largest absolute Gasteiger partial charge is 0.307 e. The highest BCUT2D eigenvalue weighted by atomic mass is 35.5. The van der Waals surface area contributed by atoms with Crippen molar-refractivity contribution in [2.24, 2.45) is 0 Å². The third-order valence-electron chi connectivity index (χ3n) is 2.50. The first kappa shape index (κ1) is 13.4. The number of rotatable bonds is 5. The van der Waals surface area contributed by atoms with Crippen LogP contribution in [0.2, 0.25) is 5.02 Å². The lowest BCUT2D eigenvalue weighted by Crippen LogP contribution is -2.14. The zero-order valence-corrected chi connectivity index (χ0v) is 10.7. The van der Waals surface area contributed by atoms with Crippen LogP contribution in [0.5, 0.6) is 0 Å². The molecular weight excluding hydrogens is 268 g/mol. The van der Waals surface area contributed by atoms with E-state index in [0.717, 1.165) is 5.69 Å². The molecule has 0 atom stereocenters. The third-order valence-corrected chi connectivity index (χ3v) is 2.74. The number of hydrogen-bond donors (Lipinski definition) is 1. The topological polar surface area (TPSA) is 81.0 Å².